The molecule has 2 aliphatic carbocycles. The van der Waals surface area contributed by atoms with Gasteiger partial charge in [0, 0.05) is 5.56 Å². The zero-order chi connectivity index (χ0) is 13.9. The van der Waals surface area contributed by atoms with Gasteiger partial charge in [-0.05, 0) is 65.8 Å². The van der Waals surface area contributed by atoms with Crippen molar-refractivity contribution in [2.45, 2.75) is 39.0 Å². The van der Waals surface area contributed by atoms with Crippen LogP contribution in [0.1, 0.15) is 41.5 Å². The van der Waals surface area contributed by atoms with Gasteiger partial charge in [-0.3, -0.25) is 0 Å². The molecule has 2 aliphatic rings. The van der Waals surface area contributed by atoms with Gasteiger partial charge in [0.1, 0.15) is 5.75 Å². The molecule has 20 heavy (non-hydrogen) atoms. The van der Waals surface area contributed by atoms with Gasteiger partial charge in [-0.15, -0.1) is 0 Å². The van der Waals surface area contributed by atoms with E-state index in [2.05, 4.69) is 37.3 Å². The molecular weight excluding hydrogens is 244 g/mol. The zero-order valence-corrected chi connectivity index (χ0v) is 12.1. The molecular formula is C19H20O. The number of hydrogen-bond donors (Lipinski definition) is 1. The van der Waals surface area contributed by atoms with Crippen LogP contribution < -0.4 is 0 Å². The molecule has 2 aromatic rings. The fraction of sp³-hybridized carbons (Fsp3) is 0.368. The van der Waals surface area contributed by atoms with Crippen LogP contribution in [-0.2, 0) is 12.8 Å². The van der Waals surface area contributed by atoms with Gasteiger partial charge in [0.05, 0.1) is 0 Å². The largest absolute Gasteiger partial charge is 0.507 e. The highest BCUT2D eigenvalue weighted by Gasteiger charge is 2.34. The summed E-state index contributed by atoms with van der Waals surface area (Å²) in [7, 11) is 0. The lowest BCUT2D eigenvalue weighted by Crippen LogP contribution is -2.24. The number of aromatic hydroxyl groups is 1. The minimum absolute atomic E-state index is 0.479. The van der Waals surface area contributed by atoms with Crippen molar-refractivity contribution in [1.29, 1.82) is 0 Å². The average molecular weight is 264 g/mol. The van der Waals surface area contributed by atoms with Crippen molar-refractivity contribution >= 4 is 0 Å². The molecule has 4 rings (SSSR count). The van der Waals surface area contributed by atoms with Crippen LogP contribution in [0, 0.1) is 12.8 Å². The van der Waals surface area contributed by atoms with Gasteiger partial charge in [-0.1, -0.05) is 37.3 Å². The lowest BCUT2D eigenvalue weighted by molar-refractivity contribution is 0.396. The van der Waals surface area contributed by atoms with Crippen LogP contribution in [0.25, 0.3) is 11.1 Å². The van der Waals surface area contributed by atoms with Gasteiger partial charge in [0.2, 0.25) is 0 Å². The van der Waals surface area contributed by atoms with Gasteiger partial charge in [0.15, 0.2) is 0 Å². The average Bonchev–Trinajstić information content (AvgIpc) is 2.46. The molecule has 102 valence electrons. The first kappa shape index (κ1) is 12.0. The van der Waals surface area contributed by atoms with Crippen LogP contribution in [0.4, 0.5) is 0 Å². The summed E-state index contributed by atoms with van der Waals surface area (Å²) in [6.45, 7) is 4.36. The summed E-state index contributed by atoms with van der Waals surface area (Å²) < 4.78 is 0. The summed E-state index contributed by atoms with van der Waals surface area (Å²) in [6.07, 6.45) is 3.55. The predicted molar refractivity (Wildman–Crippen MR) is 82.2 cm³/mol. The van der Waals surface area contributed by atoms with Gasteiger partial charge >= 0.3 is 0 Å². The molecule has 0 bridgehead atoms. The highest BCUT2D eigenvalue weighted by molar-refractivity contribution is 5.81. The maximum absolute atomic E-state index is 10.5. The normalized spacial score (nSPS) is 23.1. The zero-order valence-electron chi connectivity index (χ0n) is 12.1. The Morgan fingerprint density at radius 2 is 1.95 bits per heavy atom. The van der Waals surface area contributed by atoms with Crippen molar-refractivity contribution < 1.29 is 5.11 Å². The molecule has 2 aromatic carbocycles. The van der Waals surface area contributed by atoms with E-state index < -0.39 is 0 Å². The highest BCUT2D eigenvalue weighted by Crippen LogP contribution is 2.51. The van der Waals surface area contributed by atoms with E-state index in [1.807, 2.05) is 6.92 Å². The third kappa shape index (κ3) is 1.49. The van der Waals surface area contributed by atoms with Crippen LogP contribution in [0.5, 0.6) is 5.75 Å². The fourth-order valence-electron chi connectivity index (χ4n) is 4.10. The minimum atomic E-state index is 0.479. The molecule has 0 saturated heterocycles. The molecule has 0 fully saturated rings. The molecule has 1 unspecified atom stereocenters. The van der Waals surface area contributed by atoms with Crippen molar-refractivity contribution in [3.63, 3.8) is 0 Å². The topological polar surface area (TPSA) is 20.2 Å². The van der Waals surface area contributed by atoms with Crippen LogP contribution in [0.15, 0.2) is 30.3 Å². The van der Waals surface area contributed by atoms with E-state index in [4.69, 9.17) is 0 Å². The molecule has 1 heteroatoms. The maximum Gasteiger partial charge on any atom is 0.126 e. The molecule has 0 heterocycles. The standard InChI is InChI=1S/C19H20O/c1-11-6-8-13-4-3-5-15-17(13)16(11)10-14-9-7-12(2)19(20)18(14)15/h3-5,7,9,11,16,20H,6,8,10H2,1-2H3/t11?,16-/m0/s1. The first-order valence-corrected chi connectivity index (χ1v) is 7.60. The van der Waals surface area contributed by atoms with Gasteiger partial charge < -0.3 is 5.11 Å². The Morgan fingerprint density at radius 3 is 2.80 bits per heavy atom. The molecule has 0 amide bonds. The van der Waals surface area contributed by atoms with Gasteiger partial charge in [-0.2, -0.15) is 0 Å². The van der Waals surface area contributed by atoms with Crippen molar-refractivity contribution in [3.8, 4) is 16.9 Å². The van der Waals surface area contributed by atoms with E-state index in [-0.39, 0.29) is 0 Å². The molecule has 1 nitrogen and oxygen atoms in total. The Labute approximate surface area is 120 Å². The van der Waals surface area contributed by atoms with E-state index in [0.717, 1.165) is 23.5 Å². The summed E-state index contributed by atoms with van der Waals surface area (Å²) in [5, 5.41) is 10.5. The van der Waals surface area contributed by atoms with E-state index in [0.29, 0.717) is 11.7 Å². The molecule has 0 radical (unpaired) electrons. The molecule has 0 aromatic heterocycles. The first-order chi connectivity index (χ1) is 9.66. The lowest BCUT2D eigenvalue weighted by Gasteiger charge is -2.37. The number of phenolic OH excluding ortho intramolecular Hbond substituents is 1. The predicted octanol–water partition coefficient (Wildman–Crippen LogP) is 4.59. The van der Waals surface area contributed by atoms with E-state index in [9.17, 15) is 5.11 Å². The van der Waals surface area contributed by atoms with Crippen molar-refractivity contribution in [3.05, 3.63) is 52.6 Å². The van der Waals surface area contributed by atoms with Crippen LogP contribution in [0.3, 0.4) is 0 Å². The van der Waals surface area contributed by atoms with Crippen molar-refractivity contribution in [2.75, 3.05) is 0 Å². The number of fused-ring (bicyclic) bond motifs is 2. The third-order valence-electron chi connectivity index (χ3n) is 5.30. The summed E-state index contributed by atoms with van der Waals surface area (Å²) in [5.74, 6) is 1.84. The Kier molecular flexibility index (Phi) is 2.47. The van der Waals surface area contributed by atoms with Gasteiger partial charge in [-0.25, -0.2) is 0 Å². The van der Waals surface area contributed by atoms with Gasteiger partial charge in [0.25, 0.3) is 0 Å². The van der Waals surface area contributed by atoms with E-state index in [1.54, 1.807) is 0 Å². The smallest absolute Gasteiger partial charge is 0.126 e. The minimum Gasteiger partial charge on any atom is -0.507 e. The monoisotopic (exact) mass is 264 g/mol. The van der Waals surface area contributed by atoms with Crippen LogP contribution >= 0.6 is 0 Å². The second kappa shape index (κ2) is 4.12. The summed E-state index contributed by atoms with van der Waals surface area (Å²) in [6, 6.07) is 10.9. The summed E-state index contributed by atoms with van der Waals surface area (Å²) in [5.41, 5.74) is 7.67. The Balaban J connectivity index is 2.05. The second-order valence-electron chi connectivity index (χ2n) is 6.47. The van der Waals surface area contributed by atoms with E-state index >= 15 is 0 Å². The molecule has 0 spiro atoms. The molecule has 0 aliphatic heterocycles. The lowest BCUT2D eigenvalue weighted by atomic mass is 9.67. The SMILES string of the molecule is Cc1ccc2c(c1O)-c1cccc3c1[C@@H](C2)C(C)CC3. The Morgan fingerprint density at radius 1 is 1.10 bits per heavy atom. The van der Waals surface area contributed by atoms with Crippen LogP contribution in [-0.4, -0.2) is 5.11 Å². The Bertz CT molecular complexity index is 699. The highest BCUT2D eigenvalue weighted by atomic mass is 16.3. The molecule has 1 N–H and O–H groups in total. The number of phenols is 1. The third-order valence-corrected chi connectivity index (χ3v) is 5.30. The summed E-state index contributed by atoms with van der Waals surface area (Å²) in [4.78, 5) is 0. The second-order valence-corrected chi connectivity index (χ2v) is 6.47. The first-order valence-electron chi connectivity index (χ1n) is 7.60. The molecule has 0 saturated carbocycles. The number of rotatable bonds is 0. The quantitative estimate of drug-likeness (QED) is 0.738. The number of hydrogen-bond acceptors (Lipinski definition) is 1. The summed E-state index contributed by atoms with van der Waals surface area (Å²) >= 11 is 0. The number of aryl methyl sites for hydroxylation is 2. The van der Waals surface area contributed by atoms with Crippen molar-refractivity contribution in [1.82, 2.24) is 0 Å². The Hall–Kier alpha value is -1.76. The fourth-order valence-corrected chi connectivity index (χ4v) is 4.10. The van der Waals surface area contributed by atoms with E-state index in [1.165, 1.54) is 35.1 Å². The van der Waals surface area contributed by atoms with Crippen LogP contribution in [0.2, 0.25) is 0 Å². The van der Waals surface area contributed by atoms with Crippen molar-refractivity contribution in [2.24, 2.45) is 5.92 Å². The number of benzene rings is 2. The molecule has 2 atom stereocenters. The maximum atomic E-state index is 10.5.